The quantitative estimate of drug-likeness (QED) is 0.577. The number of aromatic nitrogens is 3. The molecule has 2 heterocycles. The van der Waals surface area contributed by atoms with Crippen LogP contribution in [-0.4, -0.2) is 21.7 Å². The summed E-state index contributed by atoms with van der Waals surface area (Å²) in [6.07, 6.45) is 1.86. The summed E-state index contributed by atoms with van der Waals surface area (Å²) in [6, 6.07) is 17.2. The number of fused-ring (bicyclic) bond motifs is 1. The third kappa shape index (κ3) is 2.47. The van der Waals surface area contributed by atoms with Gasteiger partial charge in [0.1, 0.15) is 5.75 Å². The first-order valence-corrected chi connectivity index (χ1v) is 8.17. The van der Waals surface area contributed by atoms with Crippen LogP contribution >= 0.6 is 11.3 Å². The minimum atomic E-state index is -0.102. The molecule has 0 spiro atoms. The number of methoxy groups -OCH3 is 1. The normalized spacial score (nSPS) is 12.0. The predicted molar refractivity (Wildman–Crippen MR) is 94.3 cm³/mol. The van der Waals surface area contributed by atoms with Crippen LogP contribution in [0.15, 0.2) is 59.4 Å². The lowest BCUT2D eigenvalue weighted by Gasteiger charge is -1.98. The smallest absolute Gasteiger partial charge is 0.276 e. The minimum absolute atomic E-state index is 0.102. The maximum Gasteiger partial charge on any atom is 0.276 e. The van der Waals surface area contributed by atoms with E-state index in [4.69, 9.17) is 4.74 Å². The van der Waals surface area contributed by atoms with Crippen LogP contribution < -0.4 is 14.8 Å². The molecule has 0 N–H and O–H groups in total. The summed E-state index contributed by atoms with van der Waals surface area (Å²) in [5.74, 6) is 1.35. The van der Waals surface area contributed by atoms with Gasteiger partial charge in [-0.3, -0.25) is 4.79 Å². The number of thiazole rings is 1. The van der Waals surface area contributed by atoms with Crippen LogP contribution in [0.3, 0.4) is 0 Å². The maximum atomic E-state index is 12.7. The van der Waals surface area contributed by atoms with Crippen molar-refractivity contribution in [3.05, 3.63) is 75.0 Å². The van der Waals surface area contributed by atoms with Gasteiger partial charge in [0.25, 0.3) is 5.56 Å². The van der Waals surface area contributed by atoms with E-state index in [2.05, 4.69) is 10.2 Å². The maximum absolute atomic E-state index is 12.7. The Morgan fingerprint density at radius 3 is 2.50 bits per heavy atom. The lowest BCUT2D eigenvalue weighted by molar-refractivity contribution is 0.415. The molecule has 0 aliphatic heterocycles. The number of hydrogen-bond donors (Lipinski definition) is 0. The predicted octanol–water partition coefficient (Wildman–Crippen LogP) is 2.37. The molecule has 0 atom stereocenters. The van der Waals surface area contributed by atoms with Crippen molar-refractivity contribution in [1.82, 2.24) is 14.6 Å². The van der Waals surface area contributed by atoms with Gasteiger partial charge in [-0.1, -0.05) is 53.8 Å². The first kappa shape index (κ1) is 14.6. The summed E-state index contributed by atoms with van der Waals surface area (Å²) in [6.45, 7) is 0. The second-order valence-corrected chi connectivity index (χ2v) is 6.21. The van der Waals surface area contributed by atoms with Crippen LogP contribution in [0.5, 0.6) is 5.75 Å². The Hall–Kier alpha value is -2.99. The zero-order chi connectivity index (χ0) is 16.5. The van der Waals surface area contributed by atoms with Crippen LogP contribution in [0.2, 0.25) is 0 Å². The van der Waals surface area contributed by atoms with E-state index in [1.165, 1.54) is 11.3 Å². The zero-order valence-electron chi connectivity index (χ0n) is 12.8. The highest BCUT2D eigenvalue weighted by atomic mass is 32.1. The Morgan fingerprint density at radius 1 is 1.04 bits per heavy atom. The summed E-state index contributed by atoms with van der Waals surface area (Å²) in [7, 11) is 1.63. The van der Waals surface area contributed by atoms with Gasteiger partial charge in [-0.15, -0.1) is 10.2 Å². The summed E-state index contributed by atoms with van der Waals surface area (Å²) < 4.78 is 7.34. The van der Waals surface area contributed by atoms with Crippen molar-refractivity contribution in [1.29, 1.82) is 0 Å². The standard InChI is InChI=1S/C18H13N3O2S/c1-23-14-9-7-12(8-10-14)11-15-17(22)21-16(19-20-18(21)24-15)13-5-3-2-4-6-13/h2-11H,1H3/b15-11+. The number of ether oxygens (including phenoxy) is 1. The van der Waals surface area contributed by atoms with E-state index in [1.54, 1.807) is 11.5 Å². The molecule has 2 aromatic heterocycles. The third-order valence-electron chi connectivity index (χ3n) is 3.69. The van der Waals surface area contributed by atoms with E-state index in [0.717, 1.165) is 16.9 Å². The monoisotopic (exact) mass is 335 g/mol. The van der Waals surface area contributed by atoms with Gasteiger partial charge in [0, 0.05) is 5.56 Å². The molecule has 0 radical (unpaired) electrons. The van der Waals surface area contributed by atoms with Crippen LogP contribution in [0.1, 0.15) is 5.56 Å². The molecule has 6 heteroatoms. The van der Waals surface area contributed by atoms with Crippen LogP contribution in [-0.2, 0) is 0 Å². The summed E-state index contributed by atoms with van der Waals surface area (Å²) in [5.41, 5.74) is 1.71. The van der Waals surface area contributed by atoms with E-state index in [0.29, 0.717) is 15.3 Å². The van der Waals surface area contributed by atoms with Crippen molar-refractivity contribution in [2.45, 2.75) is 0 Å². The van der Waals surface area contributed by atoms with E-state index in [-0.39, 0.29) is 5.56 Å². The molecule has 24 heavy (non-hydrogen) atoms. The molecule has 118 valence electrons. The molecule has 4 aromatic rings. The van der Waals surface area contributed by atoms with Gasteiger partial charge in [0.2, 0.25) is 4.96 Å². The van der Waals surface area contributed by atoms with Crippen molar-refractivity contribution >= 4 is 22.4 Å². The fourth-order valence-electron chi connectivity index (χ4n) is 2.49. The minimum Gasteiger partial charge on any atom is -0.497 e. The zero-order valence-corrected chi connectivity index (χ0v) is 13.7. The van der Waals surface area contributed by atoms with Crippen LogP contribution in [0.4, 0.5) is 0 Å². The van der Waals surface area contributed by atoms with Gasteiger partial charge in [0.15, 0.2) is 5.82 Å². The Balaban J connectivity index is 1.86. The largest absolute Gasteiger partial charge is 0.497 e. The molecule has 0 fully saturated rings. The fourth-order valence-corrected chi connectivity index (χ4v) is 3.40. The van der Waals surface area contributed by atoms with Gasteiger partial charge >= 0.3 is 0 Å². The molecule has 5 nitrogen and oxygen atoms in total. The molecular weight excluding hydrogens is 322 g/mol. The summed E-state index contributed by atoms with van der Waals surface area (Å²) in [5, 5.41) is 8.29. The average molecular weight is 335 g/mol. The van der Waals surface area contributed by atoms with Gasteiger partial charge in [-0.05, 0) is 23.8 Å². The van der Waals surface area contributed by atoms with Crippen molar-refractivity contribution in [2.75, 3.05) is 7.11 Å². The van der Waals surface area contributed by atoms with Crippen molar-refractivity contribution in [3.8, 4) is 17.1 Å². The Bertz CT molecular complexity index is 1100. The molecule has 4 rings (SSSR count). The molecule has 0 saturated heterocycles. The summed E-state index contributed by atoms with van der Waals surface area (Å²) >= 11 is 1.33. The van der Waals surface area contributed by atoms with Gasteiger partial charge in [-0.25, -0.2) is 4.40 Å². The second kappa shape index (κ2) is 5.90. The first-order chi connectivity index (χ1) is 11.8. The Kier molecular flexibility index (Phi) is 3.59. The van der Waals surface area contributed by atoms with E-state index in [9.17, 15) is 4.79 Å². The van der Waals surface area contributed by atoms with Gasteiger partial charge in [0.05, 0.1) is 11.6 Å². The lowest BCUT2D eigenvalue weighted by atomic mass is 10.2. The van der Waals surface area contributed by atoms with Gasteiger partial charge < -0.3 is 4.74 Å². The SMILES string of the molecule is COc1ccc(/C=c2/sc3nnc(-c4ccccc4)n3c2=O)cc1. The third-order valence-corrected chi connectivity index (χ3v) is 4.65. The molecule has 0 aliphatic rings. The second-order valence-electron chi connectivity index (χ2n) is 5.20. The molecular formula is C18H13N3O2S. The first-order valence-electron chi connectivity index (χ1n) is 7.35. The van der Waals surface area contributed by atoms with E-state index in [1.807, 2.05) is 60.7 Å². The number of nitrogens with zero attached hydrogens (tertiary/aromatic N) is 3. The lowest BCUT2D eigenvalue weighted by Crippen LogP contribution is -2.23. The van der Waals surface area contributed by atoms with Gasteiger partial charge in [-0.2, -0.15) is 0 Å². The summed E-state index contributed by atoms with van der Waals surface area (Å²) in [4.78, 5) is 13.3. The fraction of sp³-hybridized carbons (Fsp3) is 0.0556. The number of hydrogen-bond acceptors (Lipinski definition) is 5. The van der Waals surface area contributed by atoms with Crippen molar-refractivity contribution in [3.63, 3.8) is 0 Å². The van der Waals surface area contributed by atoms with Crippen LogP contribution in [0, 0.1) is 0 Å². The van der Waals surface area contributed by atoms with Crippen LogP contribution in [0.25, 0.3) is 22.4 Å². The topological polar surface area (TPSA) is 56.5 Å². The Labute approximate surface area is 141 Å². The van der Waals surface area contributed by atoms with E-state index < -0.39 is 0 Å². The highest BCUT2D eigenvalue weighted by Gasteiger charge is 2.13. The average Bonchev–Trinajstić information content (AvgIpc) is 3.17. The highest BCUT2D eigenvalue weighted by Crippen LogP contribution is 2.17. The highest BCUT2D eigenvalue weighted by molar-refractivity contribution is 7.15. The molecule has 2 aromatic carbocycles. The number of rotatable bonds is 3. The van der Waals surface area contributed by atoms with E-state index >= 15 is 0 Å². The van der Waals surface area contributed by atoms with Crippen molar-refractivity contribution < 1.29 is 4.74 Å². The molecule has 0 unspecified atom stereocenters. The van der Waals surface area contributed by atoms with Crippen molar-refractivity contribution in [2.24, 2.45) is 0 Å². The molecule has 0 aliphatic carbocycles. The molecule has 0 bridgehead atoms. The molecule has 0 amide bonds. The molecule has 0 saturated carbocycles. The number of benzene rings is 2. The Morgan fingerprint density at radius 2 is 1.79 bits per heavy atom.